The van der Waals surface area contributed by atoms with Crippen molar-refractivity contribution in [1.82, 2.24) is 0 Å². The van der Waals surface area contributed by atoms with Gasteiger partial charge in [0.25, 0.3) is 0 Å². The van der Waals surface area contributed by atoms with Crippen molar-refractivity contribution >= 4 is 5.57 Å². The molecule has 0 spiro atoms. The predicted molar refractivity (Wildman–Crippen MR) is 131 cm³/mol. The smallest absolute Gasteiger partial charge is 0.126 e. The molecule has 2 N–H and O–H groups in total. The van der Waals surface area contributed by atoms with Crippen LogP contribution in [0.2, 0.25) is 0 Å². The lowest BCUT2D eigenvalue weighted by Gasteiger charge is -2.34. The normalized spacial score (nSPS) is 17.9. The van der Waals surface area contributed by atoms with Gasteiger partial charge in [-0.2, -0.15) is 0 Å². The standard InChI is InChI=1S/C28H38O4/c1-8-18-12-20(17(3)4)26(29)21(13-18)25(24-16-31-10-11-32-24)22-14-19(9-2)15-23(27(22)30)28(5,6)7/h12-15,24-25,29-30H,3,8-11,16H2,1-2,4-7H3. The summed E-state index contributed by atoms with van der Waals surface area (Å²) in [4.78, 5) is 0. The topological polar surface area (TPSA) is 58.9 Å². The molecule has 1 aliphatic rings. The molecule has 4 heteroatoms. The van der Waals surface area contributed by atoms with Crippen LogP contribution in [-0.2, 0) is 27.7 Å². The van der Waals surface area contributed by atoms with Crippen molar-refractivity contribution in [2.24, 2.45) is 0 Å². The van der Waals surface area contributed by atoms with Crippen LogP contribution < -0.4 is 0 Å². The van der Waals surface area contributed by atoms with Crippen LogP contribution in [0.15, 0.2) is 30.8 Å². The van der Waals surface area contributed by atoms with Crippen LogP contribution in [-0.4, -0.2) is 36.1 Å². The van der Waals surface area contributed by atoms with E-state index >= 15 is 0 Å². The van der Waals surface area contributed by atoms with Gasteiger partial charge in [0.1, 0.15) is 11.5 Å². The maximum atomic E-state index is 11.5. The van der Waals surface area contributed by atoms with E-state index in [9.17, 15) is 10.2 Å². The molecule has 2 unspecified atom stereocenters. The van der Waals surface area contributed by atoms with Crippen LogP contribution in [0, 0.1) is 0 Å². The van der Waals surface area contributed by atoms with Crippen molar-refractivity contribution < 1.29 is 19.7 Å². The van der Waals surface area contributed by atoms with Crippen LogP contribution >= 0.6 is 0 Å². The van der Waals surface area contributed by atoms with E-state index in [2.05, 4.69) is 53.3 Å². The molecule has 0 aromatic heterocycles. The minimum atomic E-state index is -0.368. The van der Waals surface area contributed by atoms with Crippen LogP contribution in [0.4, 0.5) is 0 Å². The maximum Gasteiger partial charge on any atom is 0.126 e. The van der Waals surface area contributed by atoms with E-state index in [0.29, 0.717) is 19.8 Å². The third kappa shape index (κ3) is 4.87. The second-order valence-corrected chi connectivity index (χ2v) is 9.86. The van der Waals surface area contributed by atoms with Gasteiger partial charge < -0.3 is 19.7 Å². The maximum absolute atomic E-state index is 11.5. The fourth-order valence-corrected chi connectivity index (χ4v) is 4.48. The highest BCUT2D eigenvalue weighted by Crippen LogP contribution is 2.46. The van der Waals surface area contributed by atoms with Gasteiger partial charge >= 0.3 is 0 Å². The number of allylic oxidation sites excluding steroid dienone is 1. The lowest BCUT2D eigenvalue weighted by atomic mass is 9.77. The number of aryl methyl sites for hydroxylation is 2. The first-order chi connectivity index (χ1) is 15.1. The Bertz CT molecular complexity index is 978. The van der Waals surface area contributed by atoms with Gasteiger partial charge in [-0.25, -0.2) is 0 Å². The number of rotatable bonds is 6. The zero-order chi connectivity index (χ0) is 23.6. The number of phenolic OH excluding ortho intramolecular Hbond substituents is 2. The van der Waals surface area contributed by atoms with Crippen LogP contribution in [0.5, 0.6) is 11.5 Å². The number of ether oxygens (including phenoxy) is 2. The van der Waals surface area contributed by atoms with E-state index in [4.69, 9.17) is 9.47 Å². The molecule has 174 valence electrons. The summed E-state index contributed by atoms with van der Waals surface area (Å²) < 4.78 is 11.9. The monoisotopic (exact) mass is 438 g/mol. The summed E-state index contributed by atoms with van der Waals surface area (Å²) in [5.74, 6) is 0.104. The predicted octanol–water partition coefficient (Wildman–Crippen LogP) is 6.10. The zero-order valence-electron chi connectivity index (χ0n) is 20.4. The number of phenols is 2. The highest BCUT2D eigenvalue weighted by Gasteiger charge is 2.35. The lowest BCUT2D eigenvalue weighted by Crippen LogP contribution is -2.35. The third-order valence-corrected chi connectivity index (χ3v) is 6.37. The van der Waals surface area contributed by atoms with Crippen molar-refractivity contribution in [3.63, 3.8) is 0 Å². The Morgan fingerprint density at radius 3 is 2.09 bits per heavy atom. The molecule has 0 bridgehead atoms. The average molecular weight is 439 g/mol. The van der Waals surface area contributed by atoms with E-state index in [1.54, 1.807) is 0 Å². The average Bonchev–Trinajstić information content (AvgIpc) is 2.75. The van der Waals surface area contributed by atoms with E-state index in [0.717, 1.165) is 51.8 Å². The Kier molecular flexibility index (Phi) is 7.36. The second-order valence-electron chi connectivity index (χ2n) is 9.86. The molecule has 3 rings (SSSR count). The van der Waals surface area contributed by atoms with Gasteiger partial charge in [0.15, 0.2) is 0 Å². The molecule has 1 heterocycles. The zero-order valence-corrected chi connectivity index (χ0v) is 20.4. The molecule has 1 saturated heterocycles. The number of aromatic hydroxyl groups is 2. The van der Waals surface area contributed by atoms with Crippen molar-refractivity contribution in [3.8, 4) is 11.5 Å². The molecule has 1 fully saturated rings. The van der Waals surface area contributed by atoms with Crippen molar-refractivity contribution in [1.29, 1.82) is 0 Å². The third-order valence-electron chi connectivity index (χ3n) is 6.37. The highest BCUT2D eigenvalue weighted by atomic mass is 16.6. The number of benzene rings is 2. The molecular formula is C28H38O4. The summed E-state index contributed by atoms with van der Waals surface area (Å²) in [5, 5.41) is 22.9. The SMILES string of the molecule is C=C(C)c1cc(CC)cc(C(c2cc(CC)cc(C(C)(C)C)c2O)C2COCCO2)c1O. The summed E-state index contributed by atoms with van der Waals surface area (Å²) in [6.45, 7) is 18.0. The van der Waals surface area contributed by atoms with Gasteiger partial charge in [-0.05, 0) is 53.5 Å². The van der Waals surface area contributed by atoms with Crippen molar-refractivity contribution in [2.75, 3.05) is 19.8 Å². The Morgan fingerprint density at radius 1 is 1.00 bits per heavy atom. The van der Waals surface area contributed by atoms with Crippen molar-refractivity contribution in [3.05, 3.63) is 64.2 Å². The van der Waals surface area contributed by atoms with Crippen molar-refractivity contribution in [2.45, 2.75) is 71.8 Å². The Hall–Kier alpha value is -2.30. The first-order valence-corrected chi connectivity index (χ1v) is 11.7. The van der Waals surface area contributed by atoms with Gasteiger partial charge in [-0.3, -0.25) is 0 Å². The van der Waals surface area contributed by atoms with Crippen LogP contribution in [0.3, 0.4) is 0 Å². The minimum Gasteiger partial charge on any atom is -0.507 e. The molecule has 0 radical (unpaired) electrons. The molecule has 1 aliphatic heterocycles. The summed E-state index contributed by atoms with van der Waals surface area (Å²) >= 11 is 0. The molecular weight excluding hydrogens is 400 g/mol. The van der Waals surface area contributed by atoms with Gasteiger partial charge in [-0.15, -0.1) is 0 Å². The minimum absolute atomic E-state index is 0.201. The fourth-order valence-electron chi connectivity index (χ4n) is 4.48. The van der Waals surface area contributed by atoms with E-state index in [-0.39, 0.29) is 28.9 Å². The highest BCUT2D eigenvalue weighted by molar-refractivity contribution is 5.70. The Morgan fingerprint density at radius 2 is 1.59 bits per heavy atom. The van der Waals surface area contributed by atoms with Gasteiger partial charge in [0.05, 0.1) is 25.9 Å². The molecule has 0 amide bonds. The van der Waals surface area contributed by atoms with Gasteiger partial charge in [-0.1, -0.05) is 59.4 Å². The second kappa shape index (κ2) is 9.68. The van der Waals surface area contributed by atoms with Crippen LogP contribution in [0.1, 0.15) is 80.8 Å². The first kappa shape index (κ1) is 24.3. The summed E-state index contributed by atoms with van der Waals surface area (Å²) in [6.07, 6.45) is 1.37. The molecule has 32 heavy (non-hydrogen) atoms. The molecule has 0 aliphatic carbocycles. The molecule has 2 aromatic rings. The quantitative estimate of drug-likeness (QED) is 0.572. The molecule has 0 saturated carbocycles. The Balaban J connectivity index is 2.33. The lowest BCUT2D eigenvalue weighted by molar-refractivity contribution is -0.0940. The largest absolute Gasteiger partial charge is 0.507 e. The van der Waals surface area contributed by atoms with Gasteiger partial charge in [0.2, 0.25) is 0 Å². The number of hydrogen-bond acceptors (Lipinski definition) is 4. The van der Waals surface area contributed by atoms with E-state index < -0.39 is 0 Å². The number of hydrogen-bond donors (Lipinski definition) is 2. The van der Waals surface area contributed by atoms with Crippen LogP contribution in [0.25, 0.3) is 5.57 Å². The first-order valence-electron chi connectivity index (χ1n) is 11.7. The summed E-state index contributed by atoms with van der Waals surface area (Å²) in [6, 6.07) is 8.19. The molecule has 4 nitrogen and oxygen atoms in total. The van der Waals surface area contributed by atoms with E-state index in [1.165, 1.54) is 0 Å². The summed E-state index contributed by atoms with van der Waals surface area (Å²) in [7, 11) is 0. The molecule has 2 atom stereocenters. The van der Waals surface area contributed by atoms with Gasteiger partial charge in [0, 0.05) is 22.6 Å². The molecule has 2 aromatic carbocycles. The van der Waals surface area contributed by atoms with E-state index in [1.807, 2.05) is 19.1 Å². The Labute approximate surface area is 192 Å². The fraction of sp³-hybridized carbons (Fsp3) is 0.500. The summed E-state index contributed by atoms with van der Waals surface area (Å²) in [5.41, 5.74) is 6.01.